The first-order valence-corrected chi connectivity index (χ1v) is 10.6. The van der Waals surface area contributed by atoms with Crippen LogP contribution >= 0.6 is 0 Å². The van der Waals surface area contributed by atoms with E-state index in [-0.39, 0.29) is 32.6 Å². The van der Waals surface area contributed by atoms with E-state index in [2.05, 4.69) is 9.97 Å². The van der Waals surface area contributed by atoms with Crippen LogP contribution in [0.15, 0.2) is 56.9 Å². The molecule has 0 radical (unpaired) electrons. The molecule has 150 valence electrons. The van der Waals surface area contributed by atoms with E-state index in [9.17, 15) is 22.6 Å². The van der Waals surface area contributed by atoms with E-state index >= 15 is 0 Å². The molecule has 0 aliphatic rings. The lowest BCUT2D eigenvalue weighted by atomic mass is 9.99. The fraction of sp³-hybridized carbons (Fsp3) is 0.0909. The smallest absolute Gasteiger partial charge is 0.297 e. The van der Waals surface area contributed by atoms with E-state index < -0.39 is 20.4 Å². The molecular weight excluding hydrogens is 404 g/mol. The third-order valence-electron chi connectivity index (χ3n) is 5.61. The van der Waals surface area contributed by atoms with Crippen molar-refractivity contribution in [3.8, 4) is 0 Å². The van der Waals surface area contributed by atoms with E-state index in [4.69, 9.17) is 0 Å². The Kier molecular flexibility index (Phi) is 3.71. The number of benzene rings is 3. The predicted molar refractivity (Wildman–Crippen MR) is 117 cm³/mol. The second-order valence-corrected chi connectivity index (χ2v) is 8.74. The average Bonchev–Trinajstić information content (AvgIpc) is 2.69. The van der Waals surface area contributed by atoms with Crippen molar-refractivity contribution in [3.63, 3.8) is 0 Å². The molecule has 3 N–H and O–H groups in total. The highest BCUT2D eigenvalue weighted by atomic mass is 32.2. The maximum atomic E-state index is 13.3. The summed E-state index contributed by atoms with van der Waals surface area (Å²) in [5.41, 5.74) is 1.34. The molecule has 0 unspecified atom stereocenters. The summed E-state index contributed by atoms with van der Waals surface area (Å²) in [6.45, 7) is 3.44. The number of nitrogens with one attached hydrogen (secondary N) is 2. The number of aromatic amines is 2. The second kappa shape index (κ2) is 6.01. The second-order valence-electron chi connectivity index (χ2n) is 7.38. The van der Waals surface area contributed by atoms with Crippen molar-refractivity contribution < 1.29 is 13.0 Å². The van der Waals surface area contributed by atoms with Crippen molar-refractivity contribution in [2.24, 2.45) is 0 Å². The fourth-order valence-electron chi connectivity index (χ4n) is 4.23. The van der Waals surface area contributed by atoms with Crippen LogP contribution in [0, 0.1) is 13.8 Å². The zero-order chi connectivity index (χ0) is 21.4. The van der Waals surface area contributed by atoms with Crippen molar-refractivity contribution in [1.29, 1.82) is 0 Å². The van der Waals surface area contributed by atoms with Gasteiger partial charge in [-0.3, -0.25) is 14.1 Å². The number of para-hydroxylation sites is 2. The van der Waals surface area contributed by atoms with Gasteiger partial charge >= 0.3 is 0 Å². The van der Waals surface area contributed by atoms with Gasteiger partial charge < -0.3 is 9.97 Å². The van der Waals surface area contributed by atoms with Crippen LogP contribution in [0.4, 0.5) is 0 Å². The van der Waals surface area contributed by atoms with Crippen LogP contribution in [0.3, 0.4) is 0 Å². The topological polar surface area (TPSA) is 120 Å². The molecule has 0 saturated heterocycles. The van der Waals surface area contributed by atoms with Crippen LogP contribution in [0.2, 0.25) is 0 Å². The maximum Gasteiger partial charge on any atom is 0.297 e. The van der Waals surface area contributed by atoms with Crippen LogP contribution in [-0.4, -0.2) is 22.9 Å². The molecule has 8 heteroatoms. The number of hydrogen-bond donors (Lipinski definition) is 3. The highest BCUT2D eigenvalue weighted by Crippen LogP contribution is 2.33. The Morgan fingerprint density at radius 2 is 1.43 bits per heavy atom. The third kappa shape index (κ3) is 2.38. The molecule has 0 aliphatic heterocycles. The molecule has 7 nitrogen and oxygen atoms in total. The minimum absolute atomic E-state index is 0.0740. The number of pyridine rings is 2. The summed E-state index contributed by atoms with van der Waals surface area (Å²) < 4.78 is 35.0. The lowest BCUT2D eigenvalue weighted by molar-refractivity contribution is 0.485. The van der Waals surface area contributed by atoms with Gasteiger partial charge in [0.15, 0.2) is 10.9 Å². The first kappa shape index (κ1) is 18.5. The van der Waals surface area contributed by atoms with Crippen LogP contribution in [-0.2, 0) is 10.1 Å². The number of H-pyrrole nitrogens is 2. The SMILES string of the molecule is Cc1cccc2c(=O)c3c(C)c4[nH]c5ccccc5c(=O)c4c(S(=O)(=O)O)c3[nH]c12. The van der Waals surface area contributed by atoms with Gasteiger partial charge in [0, 0.05) is 16.3 Å². The van der Waals surface area contributed by atoms with Gasteiger partial charge in [0.05, 0.1) is 27.3 Å². The molecule has 30 heavy (non-hydrogen) atoms. The molecule has 0 saturated carbocycles. The molecule has 2 heterocycles. The largest absolute Gasteiger partial charge is 0.354 e. The zero-order valence-electron chi connectivity index (χ0n) is 16.0. The lowest BCUT2D eigenvalue weighted by Crippen LogP contribution is -2.16. The van der Waals surface area contributed by atoms with E-state index in [1.165, 1.54) is 0 Å². The number of aryl methyl sites for hydroxylation is 2. The van der Waals surface area contributed by atoms with Gasteiger partial charge in [-0.15, -0.1) is 0 Å². The summed E-state index contributed by atoms with van der Waals surface area (Å²) in [5, 5.41) is 0.617. The third-order valence-corrected chi connectivity index (χ3v) is 6.54. The molecule has 0 fully saturated rings. The Bertz CT molecular complexity index is 1780. The molecule has 0 aliphatic carbocycles. The molecule has 0 atom stereocenters. The van der Waals surface area contributed by atoms with Crippen LogP contribution < -0.4 is 10.9 Å². The highest BCUT2D eigenvalue weighted by molar-refractivity contribution is 7.86. The van der Waals surface area contributed by atoms with Gasteiger partial charge in [-0.2, -0.15) is 8.42 Å². The minimum atomic E-state index is -4.85. The number of hydrogen-bond acceptors (Lipinski definition) is 4. The van der Waals surface area contributed by atoms with Crippen LogP contribution in [0.25, 0.3) is 43.6 Å². The molecule has 5 rings (SSSR count). The Labute approximate surface area is 169 Å². The van der Waals surface area contributed by atoms with Crippen molar-refractivity contribution in [1.82, 2.24) is 9.97 Å². The van der Waals surface area contributed by atoms with Crippen molar-refractivity contribution >= 4 is 53.7 Å². The summed E-state index contributed by atoms with van der Waals surface area (Å²) in [6, 6.07) is 11.9. The maximum absolute atomic E-state index is 13.3. The molecular formula is C22H16N2O5S. The van der Waals surface area contributed by atoms with Crippen molar-refractivity contribution in [2.75, 3.05) is 0 Å². The Morgan fingerprint density at radius 3 is 2.17 bits per heavy atom. The summed E-state index contributed by atoms with van der Waals surface area (Å²) in [5.74, 6) is 0. The van der Waals surface area contributed by atoms with Crippen molar-refractivity contribution in [2.45, 2.75) is 18.7 Å². The summed E-state index contributed by atoms with van der Waals surface area (Å²) >= 11 is 0. The first-order valence-electron chi connectivity index (χ1n) is 9.20. The Morgan fingerprint density at radius 1 is 0.767 bits per heavy atom. The number of aromatic nitrogens is 2. The molecule has 0 amide bonds. The van der Waals surface area contributed by atoms with E-state index in [0.717, 1.165) is 5.56 Å². The zero-order valence-corrected chi connectivity index (χ0v) is 16.8. The van der Waals surface area contributed by atoms with Crippen LogP contribution in [0.1, 0.15) is 11.1 Å². The van der Waals surface area contributed by atoms with Gasteiger partial charge in [0.25, 0.3) is 10.1 Å². The number of fused-ring (bicyclic) bond motifs is 4. The molecule has 5 aromatic rings. The Hall–Kier alpha value is -3.49. The van der Waals surface area contributed by atoms with Gasteiger partial charge in [-0.05, 0) is 43.2 Å². The van der Waals surface area contributed by atoms with E-state index in [1.54, 1.807) is 56.3 Å². The average molecular weight is 420 g/mol. The summed E-state index contributed by atoms with van der Waals surface area (Å²) in [7, 11) is -4.85. The van der Waals surface area contributed by atoms with Gasteiger partial charge in [-0.1, -0.05) is 24.3 Å². The van der Waals surface area contributed by atoms with Gasteiger partial charge in [0.1, 0.15) is 4.90 Å². The van der Waals surface area contributed by atoms with Gasteiger partial charge in [-0.25, -0.2) is 0 Å². The minimum Gasteiger partial charge on any atom is -0.354 e. The summed E-state index contributed by atoms with van der Waals surface area (Å²) in [4.78, 5) is 32.1. The summed E-state index contributed by atoms with van der Waals surface area (Å²) in [6.07, 6.45) is 0. The lowest BCUT2D eigenvalue weighted by Gasteiger charge is -2.14. The standard InChI is InChI=1S/C22H16N2O5S/c1-10-6-5-8-13-17(10)24-19-15(21(13)26)11(2)18-16(22(19)30(27,28)29)20(25)12-7-3-4-9-14(12)23-18/h3-9H,1-2H3,(H,23,25)(H,24,26)(H,27,28,29). The van der Waals surface area contributed by atoms with Crippen molar-refractivity contribution in [3.05, 3.63) is 74.0 Å². The van der Waals surface area contributed by atoms with E-state index in [1.807, 2.05) is 0 Å². The fourth-order valence-corrected chi connectivity index (χ4v) is 5.09. The molecule has 3 aromatic carbocycles. The predicted octanol–water partition coefficient (Wildman–Crippen LogP) is 3.54. The number of rotatable bonds is 1. The van der Waals surface area contributed by atoms with E-state index in [0.29, 0.717) is 22.0 Å². The highest BCUT2D eigenvalue weighted by Gasteiger charge is 2.26. The monoisotopic (exact) mass is 420 g/mol. The molecule has 0 bridgehead atoms. The Balaban J connectivity index is 2.25. The quantitative estimate of drug-likeness (QED) is 0.283. The molecule has 2 aromatic heterocycles. The van der Waals surface area contributed by atoms with Gasteiger partial charge in [0.2, 0.25) is 0 Å². The van der Waals surface area contributed by atoms with Crippen LogP contribution in [0.5, 0.6) is 0 Å². The first-order chi connectivity index (χ1) is 14.2. The molecule has 0 spiro atoms. The normalized spacial score (nSPS) is 12.4.